The number of ether oxygens (including phenoxy) is 1. The largest absolute Gasteiger partial charge is 0.457 e. The van der Waals surface area contributed by atoms with E-state index in [-0.39, 0.29) is 17.8 Å². The maximum absolute atomic E-state index is 11.7. The maximum Gasteiger partial charge on any atom is 0.303 e. The number of benzene rings is 1. The summed E-state index contributed by atoms with van der Waals surface area (Å²) >= 11 is 0. The number of carbonyl (C=O) groups is 1. The van der Waals surface area contributed by atoms with Gasteiger partial charge in [0.2, 0.25) is 0 Å². The van der Waals surface area contributed by atoms with E-state index in [1.54, 1.807) is 0 Å². The van der Waals surface area contributed by atoms with Crippen LogP contribution in [-0.4, -0.2) is 60.4 Å². The summed E-state index contributed by atoms with van der Waals surface area (Å²) in [6.07, 6.45) is 7.02. The molecule has 4 rings (SSSR count). The Balaban J connectivity index is 1.41. The highest BCUT2D eigenvalue weighted by atomic mass is 16.5. The fraction of sp³-hybridized carbons (Fsp3) is 0.655. The average molecular weight is 467 g/mol. The van der Waals surface area contributed by atoms with E-state index in [0.717, 1.165) is 51.1 Å². The number of fused-ring (bicyclic) bond motifs is 1. The second-order valence-corrected chi connectivity index (χ2v) is 11.0. The summed E-state index contributed by atoms with van der Waals surface area (Å²) in [5.74, 6) is 0.644. The van der Waals surface area contributed by atoms with Crippen LogP contribution in [0.5, 0.6) is 0 Å². The molecule has 1 saturated carbocycles. The Bertz CT molecular complexity index is 920. The highest BCUT2D eigenvalue weighted by Gasteiger charge is 2.53. The zero-order chi connectivity index (χ0) is 24.6. The predicted octanol–water partition coefficient (Wildman–Crippen LogP) is 4.43. The van der Waals surface area contributed by atoms with Gasteiger partial charge in [-0.2, -0.15) is 0 Å². The van der Waals surface area contributed by atoms with Crippen molar-refractivity contribution in [2.75, 3.05) is 37.6 Å². The maximum atomic E-state index is 11.7. The Kier molecular flexibility index (Phi) is 7.44. The van der Waals surface area contributed by atoms with Gasteiger partial charge in [0.25, 0.3) is 0 Å². The molecule has 3 aliphatic rings. The number of aliphatic hydroxyl groups is 1. The van der Waals surface area contributed by atoms with Crippen LogP contribution in [0.3, 0.4) is 0 Å². The molecule has 2 fully saturated rings. The molecular weight excluding hydrogens is 424 g/mol. The van der Waals surface area contributed by atoms with Crippen LogP contribution in [0.25, 0.3) is 0 Å². The Morgan fingerprint density at radius 3 is 2.59 bits per heavy atom. The second-order valence-electron chi connectivity index (χ2n) is 11.0. The minimum atomic E-state index is -1.04. The van der Waals surface area contributed by atoms with Crippen molar-refractivity contribution in [2.24, 2.45) is 23.7 Å². The number of piperazine rings is 1. The van der Waals surface area contributed by atoms with Crippen LogP contribution in [0.15, 0.2) is 29.8 Å². The molecule has 5 nitrogen and oxygen atoms in total. The third kappa shape index (κ3) is 4.92. The quantitative estimate of drug-likeness (QED) is 0.514. The van der Waals surface area contributed by atoms with E-state index < -0.39 is 11.7 Å². The Morgan fingerprint density at radius 2 is 1.91 bits per heavy atom. The standard InChI is InChI=1S/C29H42N2O3/c1-19-8-7-9-27(23(19)5)31-14-12-30(13-15-31)18-21(3)25-11-10-22(4)29(33)17-28(34-24(6)32)20(2)16-26(25)29/h7-9,16,21-22,25-26,28,33H,10-15,18H2,1-6H3/t21-,22-,25+,26-,28-,29-/m1/s1. The van der Waals surface area contributed by atoms with Crippen molar-refractivity contribution < 1.29 is 14.6 Å². The van der Waals surface area contributed by atoms with Gasteiger partial charge in [-0.25, -0.2) is 0 Å². The number of nitrogens with zero attached hydrogens (tertiary/aromatic N) is 2. The highest BCUT2D eigenvalue weighted by molar-refractivity contribution is 5.66. The van der Waals surface area contributed by atoms with Crippen LogP contribution < -0.4 is 4.90 Å². The number of carbonyl (C=O) groups excluding carboxylic acids is 1. The summed E-state index contributed by atoms with van der Waals surface area (Å²) in [6.45, 7) is 17.6. The zero-order valence-electron chi connectivity index (χ0n) is 21.8. The first-order valence-corrected chi connectivity index (χ1v) is 13.0. The van der Waals surface area contributed by atoms with Crippen molar-refractivity contribution in [2.45, 2.75) is 66.1 Å². The molecule has 0 amide bonds. The molecule has 6 atom stereocenters. The molecule has 0 aromatic heterocycles. The fourth-order valence-corrected chi connectivity index (χ4v) is 6.40. The molecule has 0 unspecified atom stereocenters. The summed E-state index contributed by atoms with van der Waals surface area (Å²) in [5, 5.41) is 11.7. The summed E-state index contributed by atoms with van der Waals surface area (Å²) in [5.41, 5.74) is 4.05. The second kappa shape index (κ2) is 10.0. The summed E-state index contributed by atoms with van der Waals surface area (Å²) in [4.78, 5) is 16.7. The van der Waals surface area contributed by atoms with Crippen molar-refractivity contribution in [3.05, 3.63) is 47.4 Å². The van der Waals surface area contributed by atoms with Gasteiger partial charge in [0, 0.05) is 51.3 Å². The lowest BCUT2D eigenvalue weighted by Gasteiger charge is -2.53. The van der Waals surface area contributed by atoms with E-state index in [1.807, 2.05) is 6.92 Å². The first-order chi connectivity index (χ1) is 16.1. The lowest BCUT2D eigenvalue weighted by molar-refractivity contribution is -0.148. The molecule has 2 aliphatic carbocycles. The molecule has 34 heavy (non-hydrogen) atoms. The minimum absolute atomic E-state index is 0.0225. The Hall–Kier alpha value is -1.85. The zero-order valence-corrected chi connectivity index (χ0v) is 21.8. The molecule has 1 N–H and O–H groups in total. The molecule has 1 heterocycles. The molecule has 5 heteroatoms. The SMILES string of the molecule is CC(=O)O[C@@H]1[C][C@@]2(O)[C@H](C)CC[C@@H]([C@H](C)CN3CCN(c4cccc(C)c4C)CC3)[C@H]2C=C1C. The third-order valence-corrected chi connectivity index (χ3v) is 8.72. The van der Waals surface area contributed by atoms with E-state index in [2.05, 4.69) is 68.2 Å². The van der Waals surface area contributed by atoms with Crippen LogP contribution >= 0.6 is 0 Å². The summed E-state index contributed by atoms with van der Waals surface area (Å²) in [6, 6.07) is 6.60. The number of hydrogen-bond acceptors (Lipinski definition) is 5. The van der Waals surface area contributed by atoms with Gasteiger partial charge in [-0.1, -0.05) is 32.1 Å². The first-order valence-electron chi connectivity index (χ1n) is 13.0. The van der Waals surface area contributed by atoms with Gasteiger partial charge in [0.05, 0.1) is 12.0 Å². The third-order valence-electron chi connectivity index (χ3n) is 8.72. The van der Waals surface area contributed by atoms with Crippen molar-refractivity contribution in [1.29, 1.82) is 0 Å². The monoisotopic (exact) mass is 466 g/mol. The molecular formula is C29H42N2O3. The van der Waals surface area contributed by atoms with Gasteiger partial charge in [0.1, 0.15) is 6.10 Å². The molecule has 0 spiro atoms. The van der Waals surface area contributed by atoms with Gasteiger partial charge in [0.15, 0.2) is 0 Å². The number of anilines is 1. The van der Waals surface area contributed by atoms with E-state index in [4.69, 9.17) is 4.74 Å². The molecule has 1 aromatic carbocycles. The van der Waals surface area contributed by atoms with Crippen molar-refractivity contribution in [3.63, 3.8) is 0 Å². The van der Waals surface area contributed by atoms with Crippen LogP contribution in [0.4, 0.5) is 5.69 Å². The number of aryl methyl sites for hydroxylation is 1. The molecule has 1 aliphatic heterocycles. The predicted molar refractivity (Wildman–Crippen MR) is 137 cm³/mol. The van der Waals surface area contributed by atoms with E-state index in [1.165, 1.54) is 23.7 Å². The number of esters is 1. The van der Waals surface area contributed by atoms with Crippen molar-refractivity contribution in [1.82, 2.24) is 4.90 Å². The molecule has 0 bridgehead atoms. The average Bonchev–Trinajstić information content (AvgIpc) is 2.78. The van der Waals surface area contributed by atoms with Gasteiger partial charge in [-0.05, 0) is 74.1 Å². The van der Waals surface area contributed by atoms with Gasteiger partial charge in [-0.3, -0.25) is 9.69 Å². The fourth-order valence-electron chi connectivity index (χ4n) is 6.40. The van der Waals surface area contributed by atoms with Crippen molar-refractivity contribution >= 4 is 11.7 Å². The Labute approximate surface area is 206 Å². The molecule has 1 saturated heterocycles. The summed E-state index contributed by atoms with van der Waals surface area (Å²) in [7, 11) is 0. The van der Waals surface area contributed by atoms with Crippen LogP contribution in [0.2, 0.25) is 0 Å². The van der Waals surface area contributed by atoms with Crippen LogP contribution in [-0.2, 0) is 9.53 Å². The lowest BCUT2D eigenvalue weighted by Crippen LogP contribution is -2.57. The lowest BCUT2D eigenvalue weighted by atomic mass is 9.57. The highest BCUT2D eigenvalue weighted by Crippen LogP contribution is 2.50. The smallest absolute Gasteiger partial charge is 0.303 e. The van der Waals surface area contributed by atoms with Gasteiger partial charge in [-0.15, -0.1) is 0 Å². The van der Waals surface area contributed by atoms with E-state index >= 15 is 0 Å². The topological polar surface area (TPSA) is 53.0 Å². The first kappa shape index (κ1) is 25.2. The summed E-state index contributed by atoms with van der Waals surface area (Å²) < 4.78 is 5.45. The minimum Gasteiger partial charge on any atom is -0.457 e. The molecule has 1 aromatic rings. The Morgan fingerprint density at radius 1 is 1.21 bits per heavy atom. The molecule has 2 radical (unpaired) electrons. The van der Waals surface area contributed by atoms with Gasteiger partial charge >= 0.3 is 5.97 Å². The van der Waals surface area contributed by atoms with E-state index in [0.29, 0.717) is 11.8 Å². The van der Waals surface area contributed by atoms with Gasteiger partial charge < -0.3 is 14.7 Å². The number of rotatable bonds is 5. The normalized spacial score (nSPS) is 33.1. The molecule has 186 valence electrons. The van der Waals surface area contributed by atoms with Crippen LogP contribution in [0, 0.1) is 43.9 Å². The number of hydrogen-bond donors (Lipinski definition) is 1. The van der Waals surface area contributed by atoms with E-state index in [9.17, 15) is 9.90 Å². The van der Waals surface area contributed by atoms with Crippen molar-refractivity contribution in [3.8, 4) is 0 Å². The van der Waals surface area contributed by atoms with Crippen LogP contribution in [0.1, 0.15) is 51.7 Å².